The molecule has 0 aliphatic carbocycles. The minimum atomic E-state index is -1.39. The van der Waals surface area contributed by atoms with Crippen LogP contribution in [0, 0.1) is 0 Å². The van der Waals surface area contributed by atoms with Crippen molar-refractivity contribution >= 4 is 29.0 Å². The molecule has 0 radical (unpaired) electrons. The number of thiophene rings is 1. The Labute approximate surface area is 156 Å². The van der Waals surface area contributed by atoms with Crippen molar-refractivity contribution in [2.75, 3.05) is 6.54 Å². The molecule has 6 heteroatoms. The van der Waals surface area contributed by atoms with Crippen LogP contribution in [0.3, 0.4) is 0 Å². The highest BCUT2D eigenvalue weighted by molar-refractivity contribution is 7.13. The number of nitrogens with zero attached hydrogens (tertiary/aromatic N) is 1. The number of likely N-dealkylation sites (tertiary alicyclic amines) is 1. The third-order valence-corrected chi connectivity index (χ3v) is 5.96. The van der Waals surface area contributed by atoms with Gasteiger partial charge in [-0.1, -0.05) is 49.7 Å². The lowest BCUT2D eigenvalue weighted by Gasteiger charge is -2.38. The van der Waals surface area contributed by atoms with Gasteiger partial charge in [0.25, 0.3) is 11.7 Å². The van der Waals surface area contributed by atoms with Gasteiger partial charge in [0.05, 0.1) is 4.88 Å². The summed E-state index contributed by atoms with van der Waals surface area (Å²) in [5, 5.41) is 11.9. The fraction of sp³-hybridized carbons (Fsp3) is 0.350. The Morgan fingerprint density at radius 2 is 1.92 bits per heavy atom. The van der Waals surface area contributed by atoms with Gasteiger partial charge in [-0.05, 0) is 29.9 Å². The number of hydrogen-bond acceptors (Lipinski definition) is 4. The van der Waals surface area contributed by atoms with E-state index in [1.807, 2.05) is 37.3 Å². The highest BCUT2D eigenvalue weighted by Gasteiger charge is 2.57. The van der Waals surface area contributed by atoms with E-state index in [1.165, 1.54) is 16.2 Å². The minimum Gasteiger partial charge on any atom is -0.479 e. The molecule has 1 unspecified atom stereocenters. The van der Waals surface area contributed by atoms with Crippen LogP contribution in [0.1, 0.15) is 47.3 Å². The highest BCUT2D eigenvalue weighted by Crippen LogP contribution is 2.45. The van der Waals surface area contributed by atoms with Crippen molar-refractivity contribution in [3.8, 4) is 0 Å². The fourth-order valence-corrected chi connectivity index (χ4v) is 4.65. The van der Waals surface area contributed by atoms with Crippen LogP contribution in [0.5, 0.6) is 0 Å². The summed E-state index contributed by atoms with van der Waals surface area (Å²) in [7, 11) is 0. The molecule has 1 N–H and O–H groups in total. The smallest absolute Gasteiger partial charge is 0.330 e. The highest BCUT2D eigenvalue weighted by atomic mass is 32.1. The summed E-state index contributed by atoms with van der Waals surface area (Å²) in [6, 6.07) is 12.7. The molecule has 1 aliphatic rings. The number of carboxylic acids is 1. The van der Waals surface area contributed by atoms with Crippen molar-refractivity contribution in [1.29, 1.82) is 0 Å². The molecule has 1 fully saturated rings. The number of carboxylic acid groups (broad SMARTS) is 1. The summed E-state index contributed by atoms with van der Waals surface area (Å²) in [4.78, 5) is 39.6. The molecule has 26 heavy (non-hydrogen) atoms. The van der Waals surface area contributed by atoms with E-state index in [-0.39, 0.29) is 12.5 Å². The molecule has 1 aromatic heterocycles. The zero-order valence-electron chi connectivity index (χ0n) is 14.6. The summed E-state index contributed by atoms with van der Waals surface area (Å²) in [5.41, 5.74) is -0.498. The monoisotopic (exact) mass is 371 g/mol. The van der Waals surface area contributed by atoms with E-state index < -0.39 is 23.2 Å². The Morgan fingerprint density at radius 1 is 1.19 bits per heavy atom. The lowest BCUT2D eigenvalue weighted by atomic mass is 9.76. The number of aliphatic carboxylic acids is 1. The maximum atomic E-state index is 12.9. The lowest BCUT2D eigenvalue weighted by Crippen LogP contribution is -2.57. The van der Waals surface area contributed by atoms with Gasteiger partial charge < -0.3 is 10.0 Å². The number of rotatable bonds is 6. The van der Waals surface area contributed by atoms with Gasteiger partial charge in [0.2, 0.25) is 0 Å². The minimum absolute atomic E-state index is 0.266. The number of hydrogen-bond donors (Lipinski definition) is 1. The normalized spacial score (nSPS) is 22.3. The average Bonchev–Trinajstić information content (AvgIpc) is 3.30. The van der Waals surface area contributed by atoms with Gasteiger partial charge in [0.1, 0.15) is 5.54 Å². The summed E-state index contributed by atoms with van der Waals surface area (Å²) < 4.78 is 0. The first-order chi connectivity index (χ1) is 12.5. The molecule has 0 spiro atoms. The molecule has 1 amide bonds. The molecule has 1 saturated heterocycles. The van der Waals surface area contributed by atoms with E-state index in [2.05, 4.69) is 0 Å². The van der Waals surface area contributed by atoms with Crippen LogP contribution in [-0.4, -0.2) is 39.7 Å². The molecular formula is C20H21NO4S. The molecule has 0 bridgehead atoms. The van der Waals surface area contributed by atoms with Crippen molar-refractivity contribution in [2.24, 2.45) is 0 Å². The Hall–Kier alpha value is -2.47. The van der Waals surface area contributed by atoms with Gasteiger partial charge in [0, 0.05) is 12.5 Å². The summed E-state index contributed by atoms with van der Waals surface area (Å²) in [5.74, 6) is -2.73. The van der Waals surface area contributed by atoms with Gasteiger partial charge in [-0.3, -0.25) is 9.59 Å². The second-order valence-corrected chi connectivity index (χ2v) is 7.44. The molecule has 2 aromatic rings. The third kappa shape index (κ3) is 2.94. The molecule has 136 valence electrons. The Balaban J connectivity index is 2.03. The largest absolute Gasteiger partial charge is 0.479 e. The van der Waals surface area contributed by atoms with E-state index in [4.69, 9.17) is 0 Å². The Morgan fingerprint density at radius 3 is 2.50 bits per heavy atom. The van der Waals surface area contributed by atoms with Gasteiger partial charge >= 0.3 is 5.97 Å². The Kier molecular flexibility index (Phi) is 5.23. The van der Waals surface area contributed by atoms with E-state index in [1.54, 1.807) is 17.5 Å². The number of ketones is 1. The maximum absolute atomic E-state index is 12.9. The van der Waals surface area contributed by atoms with Gasteiger partial charge in [-0.25, -0.2) is 4.79 Å². The van der Waals surface area contributed by atoms with E-state index >= 15 is 0 Å². The van der Waals surface area contributed by atoms with Crippen LogP contribution in [0.2, 0.25) is 0 Å². The fourth-order valence-electron chi connectivity index (χ4n) is 3.99. The molecule has 1 aliphatic heterocycles. The standard InChI is InChI=1S/C20H21NO4S/c1-2-11-20(19(24)25)15(14-7-4-3-5-8-14)10-12-21(20)18(23)17(22)16-9-6-13-26-16/h3-9,13,15H,2,10-12H2,1H3,(H,24,25)/t15?,20-/m0/s1. The lowest BCUT2D eigenvalue weighted by molar-refractivity contribution is -0.156. The molecule has 2 atom stereocenters. The van der Waals surface area contributed by atoms with E-state index in [0.29, 0.717) is 24.1 Å². The second-order valence-electron chi connectivity index (χ2n) is 6.49. The van der Waals surface area contributed by atoms with Gasteiger partial charge in [-0.2, -0.15) is 0 Å². The zero-order valence-corrected chi connectivity index (χ0v) is 15.4. The van der Waals surface area contributed by atoms with Crippen LogP contribution in [0.15, 0.2) is 47.8 Å². The second kappa shape index (κ2) is 7.41. The number of benzene rings is 1. The molecular weight excluding hydrogens is 350 g/mol. The van der Waals surface area contributed by atoms with E-state index in [9.17, 15) is 19.5 Å². The number of Topliss-reactive ketones (excluding diaryl/α,β-unsaturated/α-hetero) is 1. The number of carbonyl (C=O) groups is 3. The predicted molar refractivity (Wildman–Crippen MR) is 99.4 cm³/mol. The molecule has 0 saturated carbocycles. The molecule has 1 aromatic carbocycles. The first kappa shape index (κ1) is 18.3. The van der Waals surface area contributed by atoms with Crippen LogP contribution >= 0.6 is 11.3 Å². The van der Waals surface area contributed by atoms with Crippen LogP contribution < -0.4 is 0 Å². The third-order valence-electron chi connectivity index (χ3n) is 5.09. The van der Waals surface area contributed by atoms with Crippen LogP contribution in [0.4, 0.5) is 0 Å². The first-order valence-corrected chi connectivity index (χ1v) is 9.58. The van der Waals surface area contributed by atoms with Crippen molar-refractivity contribution in [1.82, 2.24) is 4.90 Å². The summed E-state index contributed by atoms with van der Waals surface area (Å²) in [6.07, 6.45) is 1.44. The van der Waals surface area contributed by atoms with Crippen LogP contribution in [-0.2, 0) is 9.59 Å². The van der Waals surface area contributed by atoms with Crippen molar-refractivity contribution < 1.29 is 19.5 Å². The first-order valence-electron chi connectivity index (χ1n) is 8.70. The summed E-state index contributed by atoms with van der Waals surface area (Å²) >= 11 is 1.19. The van der Waals surface area contributed by atoms with Crippen LogP contribution in [0.25, 0.3) is 0 Å². The van der Waals surface area contributed by atoms with Gasteiger partial charge in [-0.15, -0.1) is 11.3 Å². The predicted octanol–water partition coefficient (Wildman–Crippen LogP) is 3.57. The SMILES string of the molecule is CCC[C@@]1(C(=O)O)C(c2ccccc2)CCN1C(=O)C(=O)c1cccs1. The number of carbonyl (C=O) groups excluding carboxylic acids is 2. The van der Waals surface area contributed by atoms with Crippen molar-refractivity contribution in [3.63, 3.8) is 0 Å². The van der Waals surface area contributed by atoms with Crippen molar-refractivity contribution in [3.05, 3.63) is 58.3 Å². The summed E-state index contributed by atoms with van der Waals surface area (Å²) in [6.45, 7) is 2.16. The molecule has 3 rings (SSSR count). The zero-order chi connectivity index (χ0) is 18.7. The molecule has 5 nitrogen and oxygen atoms in total. The topological polar surface area (TPSA) is 74.7 Å². The maximum Gasteiger partial charge on any atom is 0.330 e. The van der Waals surface area contributed by atoms with E-state index in [0.717, 1.165) is 5.56 Å². The quantitative estimate of drug-likeness (QED) is 0.622. The van der Waals surface area contributed by atoms with Crippen molar-refractivity contribution in [2.45, 2.75) is 37.6 Å². The Bertz CT molecular complexity index is 802. The molecule has 2 heterocycles. The number of amides is 1. The average molecular weight is 371 g/mol. The van der Waals surface area contributed by atoms with Gasteiger partial charge in [0.15, 0.2) is 0 Å².